The highest BCUT2D eigenvalue weighted by Gasteiger charge is 2.46. The van der Waals surface area contributed by atoms with Crippen LogP contribution in [-0.2, 0) is 16.1 Å². The van der Waals surface area contributed by atoms with Gasteiger partial charge in [0.15, 0.2) is 11.5 Å². The largest absolute Gasteiger partial charge is 0.507 e. The molecule has 0 unspecified atom stereocenters. The van der Waals surface area contributed by atoms with Crippen molar-refractivity contribution in [3.63, 3.8) is 0 Å². The molecule has 0 bridgehead atoms. The van der Waals surface area contributed by atoms with Crippen LogP contribution in [0.3, 0.4) is 0 Å². The first-order valence-corrected chi connectivity index (χ1v) is 11.5. The summed E-state index contributed by atoms with van der Waals surface area (Å²) in [5, 5.41) is 11.4. The zero-order chi connectivity index (χ0) is 25.8. The van der Waals surface area contributed by atoms with Crippen LogP contribution in [-0.4, -0.2) is 47.5 Å². The number of carbonyl (C=O) groups is 2. The molecular weight excluding hydrogens is 460 g/mol. The molecule has 2 aromatic carbocycles. The van der Waals surface area contributed by atoms with E-state index in [0.717, 1.165) is 5.56 Å². The average Bonchev–Trinajstić information content (AvgIpc) is 3.13. The van der Waals surface area contributed by atoms with Gasteiger partial charge in [0.05, 0.1) is 32.4 Å². The van der Waals surface area contributed by atoms with Gasteiger partial charge in [-0.1, -0.05) is 12.1 Å². The van der Waals surface area contributed by atoms with Gasteiger partial charge in [-0.2, -0.15) is 0 Å². The molecule has 1 N–H and O–H groups in total. The Balaban J connectivity index is 1.89. The molecule has 1 aliphatic heterocycles. The molecule has 8 nitrogen and oxygen atoms in total. The fourth-order valence-corrected chi connectivity index (χ4v) is 4.40. The van der Waals surface area contributed by atoms with E-state index in [1.54, 1.807) is 54.9 Å². The van der Waals surface area contributed by atoms with E-state index < -0.39 is 17.7 Å². The highest BCUT2D eigenvalue weighted by atomic mass is 16.5. The Labute approximate surface area is 209 Å². The number of aromatic nitrogens is 1. The molecule has 1 aliphatic rings. The van der Waals surface area contributed by atoms with E-state index in [1.807, 2.05) is 19.9 Å². The number of hydrogen-bond acceptors (Lipinski definition) is 7. The van der Waals surface area contributed by atoms with E-state index in [-0.39, 0.29) is 17.9 Å². The molecule has 1 saturated heterocycles. The maximum Gasteiger partial charge on any atom is 0.295 e. The van der Waals surface area contributed by atoms with Crippen LogP contribution in [0.25, 0.3) is 5.76 Å². The number of aliphatic hydroxyl groups excluding tert-OH is 1. The van der Waals surface area contributed by atoms with E-state index in [0.29, 0.717) is 40.5 Å². The second-order valence-electron chi connectivity index (χ2n) is 8.31. The number of hydrogen-bond donors (Lipinski definition) is 1. The van der Waals surface area contributed by atoms with E-state index in [2.05, 4.69) is 4.98 Å². The summed E-state index contributed by atoms with van der Waals surface area (Å²) in [5.41, 5.74) is 2.51. The lowest BCUT2D eigenvalue weighted by Gasteiger charge is -2.26. The molecule has 1 aromatic heterocycles. The maximum atomic E-state index is 13.4. The molecule has 8 heteroatoms. The van der Waals surface area contributed by atoms with Gasteiger partial charge >= 0.3 is 0 Å². The fraction of sp³-hybridized carbons (Fsp3) is 0.250. The average molecular weight is 489 g/mol. The van der Waals surface area contributed by atoms with E-state index in [9.17, 15) is 14.7 Å². The quantitative estimate of drug-likeness (QED) is 0.285. The number of likely N-dealkylation sites (tertiary alicyclic amines) is 1. The van der Waals surface area contributed by atoms with Crippen molar-refractivity contribution in [2.45, 2.75) is 26.4 Å². The second kappa shape index (κ2) is 10.5. The summed E-state index contributed by atoms with van der Waals surface area (Å²) in [6.07, 6.45) is 3.28. The second-order valence-corrected chi connectivity index (χ2v) is 8.31. The number of ketones is 1. The van der Waals surface area contributed by atoms with E-state index >= 15 is 0 Å². The van der Waals surface area contributed by atoms with Gasteiger partial charge in [0.2, 0.25) is 0 Å². The molecule has 3 aromatic rings. The summed E-state index contributed by atoms with van der Waals surface area (Å²) in [5.74, 6) is -0.109. The minimum atomic E-state index is -0.851. The molecule has 1 atom stereocenters. The number of methoxy groups -OCH3 is 2. The molecule has 1 fully saturated rings. The smallest absolute Gasteiger partial charge is 0.295 e. The number of carbonyl (C=O) groups excluding carboxylic acids is 2. The van der Waals surface area contributed by atoms with Crippen LogP contribution in [0, 0.1) is 6.92 Å². The summed E-state index contributed by atoms with van der Waals surface area (Å²) in [7, 11) is 3.04. The van der Waals surface area contributed by atoms with Crippen LogP contribution in [0.5, 0.6) is 17.2 Å². The Kier molecular flexibility index (Phi) is 7.24. The summed E-state index contributed by atoms with van der Waals surface area (Å²) in [6, 6.07) is 13.1. The van der Waals surface area contributed by atoms with Crippen LogP contribution in [0.15, 0.2) is 66.5 Å². The van der Waals surface area contributed by atoms with Crippen molar-refractivity contribution in [3.8, 4) is 17.2 Å². The minimum Gasteiger partial charge on any atom is -0.507 e. The molecule has 0 spiro atoms. The SMILES string of the molecule is CCOc1ccc(C(O)=C2C(=O)C(=O)N(Cc3cccnc3)[C@H]2c2ccc(OC)c(OC)c2)c(C)c1. The van der Waals surface area contributed by atoms with Crippen molar-refractivity contribution < 1.29 is 28.9 Å². The highest BCUT2D eigenvalue weighted by molar-refractivity contribution is 6.46. The molecule has 2 heterocycles. The molecule has 186 valence electrons. The topological polar surface area (TPSA) is 98.2 Å². The van der Waals surface area contributed by atoms with E-state index in [1.165, 1.54) is 19.1 Å². The third kappa shape index (κ3) is 4.62. The number of nitrogens with zero attached hydrogens (tertiary/aromatic N) is 2. The van der Waals surface area contributed by atoms with Gasteiger partial charge in [0.1, 0.15) is 11.5 Å². The third-order valence-corrected chi connectivity index (χ3v) is 6.10. The molecular formula is C28H28N2O6. The van der Waals surface area contributed by atoms with Crippen molar-refractivity contribution >= 4 is 17.4 Å². The van der Waals surface area contributed by atoms with Gasteiger partial charge in [-0.15, -0.1) is 0 Å². The monoisotopic (exact) mass is 488 g/mol. The summed E-state index contributed by atoms with van der Waals surface area (Å²) >= 11 is 0. The maximum absolute atomic E-state index is 13.4. The first-order chi connectivity index (χ1) is 17.4. The number of pyridine rings is 1. The fourth-order valence-electron chi connectivity index (χ4n) is 4.40. The zero-order valence-electron chi connectivity index (χ0n) is 20.6. The first kappa shape index (κ1) is 24.8. The normalized spacial score (nSPS) is 16.8. The molecule has 4 rings (SSSR count). The van der Waals surface area contributed by atoms with Crippen LogP contribution >= 0.6 is 0 Å². The number of aryl methyl sites for hydroxylation is 1. The van der Waals surface area contributed by atoms with Gasteiger partial charge in [0, 0.05) is 24.5 Å². The predicted molar refractivity (Wildman–Crippen MR) is 134 cm³/mol. The molecule has 0 aliphatic carbocycles. The Morgan fingerprint density at radius 3 is 2.47 bits per heavy atom. The molecule has 36 heavy (non-hydrogen) atoms. The predicted octanol–water partition coefficient (Wildman–Crippen LogP) is 4.43. The Bertz CT molecular complexity index is 1320. The Hall–Kier alpha value is -4.33. The van der Waals surface area contributed by atoms with Gasteiger partial charge in [-0.05, 0) is 66.9 Å². The lowest BCUT2D eigenvalue weighted by molar-refractivity contribution is -0.140. The van der Waals surface area contributed by atoms with Crippen molar-refractivity contribution in [2.75, 3.05) is 20.8 Å². The van der Waals surface area contributed by atoms with Gasteiger partial charge in [0.25, 0.3) is 11.7 Å². The summed E-state index contributed by atoms with van der Waals surface area (Å²) < 4.78 is 16.4. The van der Waals surface area contributed by atoms with Crippen molar-refractivity contribution in [2.24, 2.45) is 0 Å². The minimum absolute atomic E-state index is 0.00312. The highest BCUT2D eigenvalue weighted by Crippen LogP contribution is 2.43. The van der Waals surface area contributed by atoms with Crippen molar-refractivity contribution in [1.82, 2.24) is 9.88 Å². The van der Waals surface area contributed by atoms with Crippen LogP contribution < -0.4 is 14.2 Å². The Morgan fingerprint density at radius 2 is 1.83 bits per heavy atom. The number of aliphatic hydroxyl groups is 1. The van der Waals surface area contributed by atoms with E-state index in [4.69, 9.17) is 14.2 Å². The lowest BCUT2D eigenvalue weighted by Crippen LogP contribution is -2.29. The zero-order valence-corrected chi connectivity index (χ0v) is 20.6. The molecule has 0 saturated carbocycles. The van der Waals surface area contributed by atoms with Crippen molar-refractivity contribution in [3.05, 3.63) is 88.8 Å². The van der Waals surface area contributed by atoms with Crippen molar-refractivity contribution in [1.29, 1.82) is 0 Å². The number of rotatable bonds is 8. The van der Waals surface area contributed by atoms with Gasteiger partial charge < -0.3 is 24.2 Å². The molecule has 0 radical (unpaired) electrons. The number of ether oxygens (including phenoxy) is 3. The van der Waals surface area contributed by atoms with Crippen LogP contribution in [0.1, 0.15) is 35.2 Å². The number of Topliss-reactive ketones (excluding diaryl/α,β-unsaturated/α-hetero) is 1. The van der Waals surface area contributed by atoms with Gasteiger partial charge in [-0.25, -0.2) is 0 Å². The third-order valence-electron chi connectivity index (χ3n) is 6.10. The standard InChI is InChI=1S/C28H28N2O6/c1-5-36-20-9-10-21(17(2)13-20)26(31)24-25(19-8-11-22(34-3)23(14-19)35-4)30(28(33)27(24)32)16-18-7-6-12-29-15-18/h6-15,25,31H,5,16H2,1-4H3/t25-/m0/s1. The number of amides is 1. The first-order valence-electron chi connectivity index (χ1n) is 11.5. The van der Waals surface area contributed by atoms with Crippen LogP contribution in [0.4, 0.5) is 0 Å². The Morgan fingerprint density at radius 1 is 1.06 bits per heavy atom. The van der Waals surface area contributed by atoms with Crippen LogP contribution in [0.2, 0.25) is 0 Å². The number of benzene rings is 2. The summed E-state index contributed by atoms with van der Waals surface area (Å²) in [4.78, 5) is 32.2. The van der Waals surface area contributed by atoms with Gasteiger partial charge in [-0.3, -0.25) is 14.6 Å². The lowest BCUT2D eigenvalue weighted by atomic mass is 9.93. The summed E-state index contributed by atoms with van der Waals surface area (Å²) in [6.45, 7) is 4.34. The molecule has 1 amide bonds.